The second-order valence-electron chi connectivity index (χ2n) is 7.13. The normalized spacial score (nSPS) is 14.9. The molecule has 0 amide bonds. The zero-order valence-corrected chi connectivity index (χ0v) is 20.4. The van der Waals surface area contributed by atoms with Crippen LogP contribution in [0.5, 0.6) is 11.5 Å². The van der Waals surface area contributed by atoms with Gasteiger partial charge >= 0.3 is 0 Å². The summed E-state index contributed by atoms with van der Waals surface area (Å²) in [5.74, 6) is 4.03. The SMILES string of the molecule is CCOc1cc(CCCNC(=NC)N2CCC(c3ncn[nH]3)CC2)ccc1OC.I. The van der Waals surface area contributed by atoms with E-state index in [1.54, 1.807) is 13.4 Å². The zero-order chi connectivity index (χ0) is 20.5. The highest BCUT2D eigenvalue weighted by Crippen LogP contribution is 2.28. The minimum Gasteiger partial charge on any atom is -0.493 e. The second-order valence-corrected chi connectivity index (χ2v) is 7.13. The van der Waals surface area contributed by atoms with Gasteiger partial charge in [0, 0.05) is 32.6 Å². The number of piperidine rings is 1. The molecule has 1 saturated heterocycles. The summed E-state index contributed by atoms with van der Waals surface area (Å²) in [4.78, 5) is 11.1. The molecule has 0 unspecified atom stereocenters. The van der Waals surface area contributed by atoms with Crippen LogP contribution in [0.2, 0.25) is 0 Å². The molecular weight excluding hydrogens is 495 g/mol. The maximum absolute atomic E-state index is 5.67. The molecule has 1 aromatic heterocycles. The number of rotatable bonds is 8. The maximum Gasteiger partial charge on any atom is 0.193 e. The van der Waals surface area contributed by atoms with E-state index in [9.17, 15) is 0 Å². The number of methoxy groups -OCH3 is 1. The molecular formula is C21H33IN6O2. The lowest BCUT2D eigenvalue weighted by molar-refractivity contribution is 0.299. The Morgan fingerprint density at radius 2 is 2.10 bits per heavy atom. The van der Waals surface area contributed by atoms with E-state index in [0.717, 1.165) is 68.6 Å². The second kappa shape index (κ2) is 12.6. The van der Waals surface area contributed by atoms with E-state index in [2.05, 4.69) is 42.5 Å². The van der Waals surface area contributed by atoms with Gasteiger partial charge in [-0.2, -0.15) is 5.10 Å². The number of hydrogen-bond donors (Lipinski definition) is 2. The van der Waals surface area contributed by atoms with Crippen molar-refractivity contribution in [3.05, 3.63) is 35.9 Å². The summed E-state index contributed by atoms with van der Waals surface area (Å²) in [7, 11) is 3.52. The van der Waals surface area contributed by atoms with Crippen LogP contribution in [0.1, 0.15) is 43.5 Å². The number of aromatic nitrogens is 3. The van der Waals surface area contributed by atoms with Crippen LogP contribution in [0.25, 0.3) is 0 Å². The van der Waals surface area contributed by atoms with E-state index in [0.29, 0.717) is 12.5 Å². The van der Waals surface area contributed by atoms with Crippen LogP contribution in [-0.4, -0.2) is 66.4 Å². The molecule has 0 atom stereocenters. The molecule has 0 spiro atoms. The molecule has 0 bridgehead atoms. The first-order valence-corrected chi connectivity index (χ1v) is 10.4. The zero-order valence-electron chi connectivity index (χ0n) is 18.1. The standard InChI is InChI=1S/C21H32N6O2.HI/c1-4-29-19-14-16(7-8-18(19)28-3)6-5-11-23-21(22-2)27-12-9-17(10-13-27)20-24-15-25-26-20;/h7-8,14-15,17H,4-6,9-13H2,1-3H3,(H,22,23)(H,24,25,26);1H. The van der Waals surface area contributed by atoms with Crippen molar-refractivity contribution in [3.8, 4) is 11.5 Å². The fourth-order valence-corrected chi connectivity index (χ4v) is 3.75. The third kappa shape index (κ3) is 6.48. The Balaban J connectivity index is 0.00000320. The average molecular weight is 528 g/mol. The lowest BCUT2D eigenvalue weighted by Crippen LogP contribution is -2.45. The van der Waals surface area contributed by atoms with Crippen LogP contribution >= 0.6 is 24.0 Å². The third-order valence-electron chi connectivity index (χ3n) is 5.28. The first kappa shape index (κ1) is 24.2. The van der Waals surface area contributed by atoms with Crippen molar-refractivity contribution in [3.63, 3.8) is 0 Å². The smallest absolute Gasteiger partial charge is 0.193 e. The summed E-state index contributed by atoms with van der Waals surface area (Å²) in [6.07, 6.45) is 5.69. The molecule has 1 aliphatic heterocycles. The highest BCUT2D eigenvalue weighted by Gasteiger charge is 2.24. The quantitative estimate of drug-likeness (QED) is 0.237. The van der Waals surface area contributed by atoms with Crippen LogP contribution < -0.4 is 14.8 Å². The molecule has 9 heteroatoms. The molecule has 0 saturated carbocycles. The van der Waals surface area contributed by atoms with Crippen molar-refractivity contribution in [1.29, 1.82) is 0 Å². The van der Waals surface area contributed by atoms with Crippen LogP contribution in [0.4, 0.5) is 0 Å². The van der Waals surface area contributed by atoms with Gasteiger partial charge in [-0.3, -0.25) is 10.1 Å². The lowest BCUT2D eigenvalue weighted by Gasteiger charge is -2.33. The van der Waals surface area contributed by atoms with Crippen LogP contribution in [0.15, 0.2) is 29.5 Å². The number of aromatic amines is 1. The highest BCUT2D eigenvalue weighted by atomic mass is 127. The summed E-state index contributed by atoms with van der Waals surface area (Å²) >= 11 is 0. The molecule has 3 rings (SSSR count). The van der Waals surface area contributed by atoms with Crippen molar-refractivity contribution >= 4 is 29.9 Å². The fraction of sp³-hybridized carbons (Fsp3) is 0.571. The number of nitrogens with one attached hydrogen (secondary N) is 2. The number of nitrogens with zero attached hydrogens (tertiary/aromatic N) is 4. The van der Waals surface area contributed by atoms with Crippen molar-refractivity contribution < 1.29 is 9.47 Å². The molecule has 0 aliphatic carbocycles. The Morgan fingerprint density at radius 3 is 2.73 bits per heavy atom. The van der Waals surface area contributed by atoms with Gasteiger partial charge in [-0.05, 0) is 50.3 Å². The molecule has 2 aromatic rings. The number of aryl methyl sites for hydroxylation is 1. The predicted octanol–water partition coefficient (Wildman–Crippen LogP) is 3.22. The van der Waals surface area contributed by atoms with E-state index >= 15 is 0 Å². The first-order chi connectivity index (χ1) is 14.2. The Kier molecular flexibility index (Phi) is 10.2. The Labute approximate surface area is 195 Å². The number of likely N-dealkylation sites (tertiary alicyclic amines) is 1. The highest BCUT2D eigenvalue weighted by molar-refractivity contribution is 14.0. The fourth-order valence-electron chi connectivity index (χ4n) is 3.75. The van der Waals surface area contributed by atoms with Gasteiger partial charge in [0.25, 0.3) is 0 Å². The summed E-state index contributed by atoms with van der Waals surface area (Å²) in [6.45, 7) is 5.44. The molecule has 1 aromatic carbocycles. The molecule has 30 heavy (non-hydrogen) atoms. The molecule has 1 fully saturated rings. The predicted molar refractivity (Wildman–Crippen MR) is 129 cm³/mol. The van der Waals surface area contributed by atoms with Crippen molar-refractivity contribution in [2.45, 2.75) is 38.5 Å². The van der Waals surface area contributed by atoms with E-state index < -0.39 is 0 Å². The topological polar surface area (TPSA) is 87.7 Å². The lowest BCUT2D eigenvalue weighted by atomic mass is 9.96. The number of guanidine groups is 1. The minimum absolute atomic E-state index is 0. The average Bonchev–Trinajstić information content (AvgIpc) is 3.29. The van der Waals surface area contributed by atoms with Gasteiger partial charge in [-0.15, -0.1) is 24.0 Å². The third-order valence-corrected chi connectivity index (χ3v) is 5.28. The number of H-pyrrole nitrogens is 1. The van der Waals surface area contributed by atoms with Gasteiger partial charge < -0.3 is 19.7 Å². The van der Waals surface area contributed by atoms with Crippen molar-refractivity contribution in [1.82, 2.24) is 25.4 Å². The van der Waals surface area contributed by atoms with E-state index in [4.69, 9.17) is 9.47 Å². The van der Waals surface area contributed by atoms with Gasteiger partial charge in [-0.25, -0.2) is 4.98 Å². The number of halogens is 1. The van der Waals surface area contributed by atoms with Crippen molar-refractivity contribution in [2.24, 2.45) is 4.99 Å². The van der Waals surface area contributed by atoms with Crippen LogP contribution in [0.3, 0.4) is 0 Å². The van der Waals surface area contributed by atoms with Crippen LogP contribution in [-0.2, 0) is 6.42 Å². The Bertz CT molecular complexity index is 776. The summed E-state index contributed by atoms with van der Waals surface area (Å²) in [5.41, 5.74) is 1.25. The number of aliphatic imine (C=N–C) groups is 1. The molecule has 2 N–H and O–H groups in total. The summed E-state index contributed by atoms with van der Waals surface area (Å²) in [5, 5.41) is 10.5. The van der Waals surface area contributed by atoms with E-state index in [-0.39, 0.29) is 24.0 Å². The first-order valence-electron chi connectivity index (χ1n) is 10.4. The Hall–Kier alpha value is -2.04. The van der Waals surface area contributed by atoms with Gasteiger partial charge in [0.2, 0.25) is 0 Å². The van der Waals surface area contributed by atoms with Gasteiger partial charge in [-0.1, -0.05) is 6.07 Å². The molecule has 166 valence electrons. The van der Waals surface area contributed by atoms with Crippen molar-refractivity contribution in [2.75, 3.05) is 40.4 Å². The van der Waals surface area contributed by atoms with Gasteiger partial charge in [0.05, 0.1) is 13.7 Å². The maximum atomic E-state index is 5.67. The molecule has 1 aliphatic rings. The van der Waals surface area contributed by atoms with Gasteiger partial charge in [0.15, 0.2) is 17.5 Å². The summed E-state index contributed by atoms with van der Waals surface area (Å²) in [6, 6.07) is 6.15. The number of hydrogen-bond acceptors (Lipinski definition) is 5. The van der Waals surface area contributed by atoms with Crippen LogP contribution in [0, 0.1) is 0 Å². The minimum atomic E-state index is 0. The number of benzene rings is 1. The Morgan fingerprint density at radius 1 is 1.30 bits per heavy atom. The summed E-state index contributed by atoms with van der Waals surface area (Å²) < 4.78 is 11.0. The molecule has 8 nitrogen and oxygen atoms in total. The monoisotopic (exact) mass is 528 g/mol. The molecule has 0 radical (unpaired) electrons. The van der Waals surface area contributed by atoms with E-state index in [1.165, 1.54) is 5.56 Å². The van der Waals surface area contributed by atoms with Gasteiger partial charge in [0.1, 0.15) is 12.2 Å². The largest absolute Gasteiger partial charge is 0.493 e. The molecule has 2 heterocycles. The van der Waals surface area contributed by atoms with E-state index in [1.807, 2.05) is 20.0 Å². The number of ether oxygens (including phenoxy) is 2.